The van der Waals surface area contributed by atoms with Gasteiger partial charge in [0, 0.05) is 35.7 Å². The molecule has 0 radical (unpaired) electrons. The summed E-state index contributed by atoms with van der Waals surface area (Å²) < 4.78 is 28.1. The fourth-order valence-corrected chi connectivity index (χ4v) is 5.55. The van der Waals surface area contributed by atoms with E-state index in [1.807, 2.05) is 30.3 Å². The molecule has 2 aromatic rings. The summed E-state index contributed by atoms with van der Waals surface area (Å²) in [5.41, 5.74) is 1.19. The Bertz CT molecular complexity index is 827. The molecule has 25 heavy (non-hydrogen) atoms. The Hall–Kier alpha value is -0.920. The van der Waals surface area contributed by atoms with Crippen LogP contribution < -0.4 is 0 Å². The van der Waals surface area contributed by atoms with Crippen molar-refractivity contribution in [1.29, 1.82) is 0 Å². The van der Waals surface area contributed by atoms with Crippen LogP contribution in [0.4, 0.5) is 0 Å². The van der Waals surface area contributed by atoms with Gasteiger partial charge in [-0.2, -0.15) is 4.31 Å². The van der Waals surface area contributed by atoms with E-state index in [0.29, 0.717) is 29.0 Å². The normalized spacial score (nSPS) is 17.4. The smallest absolute Gasteiger partial charge is 0.244 e. The maximum Gasteiger partial charge on any atom is 0.244 e. The summed E-state index contributed by atoms with van der Waals surface area (Å²) in [5.74, 6) is 0. The van der Waals surface area contributed by atoms with Gasteiger partial charge in [-0.25, -0.2) is 8.42 Å². The minimum atomic E-state index is -3.48. The van der Waals surface area contributed by atoms with Crippen molar-refractivity contribution in [1.82, 2.24) is 9.21 Å². The van der Waals surface area contributed by atoms with E-state index in [9.17, 15) is 8.42 Å². The second-order valence-electron chi connectivity index (χ2n) is 6.09. The third-order valence-electron chi connectivity index (χ3n) is 4.32. The average molecular weight is 444 g/mol. The molecule has 0 spiro atoms. The zero-order chi connectivity index (χ0) is 17.9. The van der Waals surface area contributed by atoms with Gasteiger partial charge in [-0.1, -0.05) is 35.9 Å². The molecule has 2 aromatic carbocycles. The van der Waals surface area contributed by atoms with Crippen molar-refractivity contribution in [2.75, 3.05) is 26.2 Å². The second-order valence-corrected chi connectivity index (χ2v) is 9.29. The van der Waals surface area contributed by atoms with Crippen molar-refractivity contribution in [2.45, 2.75) is 17.9 Å². The van der Waals surface area contributed by atoms with E-state index in [1.54, 1.807) is 22.5 Å². The fraction of sp³-hybridized carbons (Fsp3) is 0.333. The molecule has 134 valence electrons. The van der Waals surface area contributed by atoms with Crippen LogP contribution in [0.1, 0.15) is 12.0 Å². The number of halogens is 2. The Labute approximate surface area is 162 Å². The Morgan fingerprint density at radius 3 is 2.40 bits per heavy atom. The number of hydrogen-bond acceptors (Lipinski definition) is 3. The van der Waals surface area contributed by atoms with E-state index in [4.69, 9.17) is 11.6 Å². The second kappa shape index (κ2) is 8.18. The molecular formula is C18H20BrClN2O2S. The largest absolute Gasteiger partial charge is 0.298 e. The molecule has 7 heteroatoms. The van der Waals surface area contributed by atoms with Gasteiger partial charge in [-0.05, 0) is 58.7 Å². The van der Waals surface area contributed by atoms with Crippen LogP contribution >= 0.6 is 27.5 Å². The Kier molecular flexibility index (Phi) is 6.17. The molecule has 0 aromatic heterocycles. The Morgan fingerprint density at radius 1 is 0.960 bits per heavy atom. The van der Waals surface area contributed by atoms with Gasteiger partial charge in [0.15, 0.2) is 0 Å². The molecule has 0 atom stereocenters. The number of nitrogens with zero attached hydrogens (tertiary/aromatic N) is 2. The molecule has 0 saturated carbocycles. The van der Waals surface area contributed by atoms with Gasteiger partial charge in [-0.15, -0.1) is 0 Å². The Morgan fingerprint density at radius 2 is 1.68 bits per heavy atom. The van der Waals surface area contributed by atoms with E-state index >= 15 is 0 Å². The standard InChI is InChI=1S/C18H20BrClN2O2S/c19-17-4-1-2-5-18(17)25(23,24)22-11-3-10-21(12-13-22)14-15-6-8-16(20)9-7-15/h1-2,4-9H,3,10-14H2. The molecule has 1 saturated heterocycles. The van der Waals surface area contributed by atoms with Crippen LogP contribution in [0.25, 0.3) is 0 Å². The van der Waals surface area contributed by atoms with E-state index in [0.717, 1.165) is 24.5 Å². The van der Waals surface area contributed by atoms with Gasteiger partial charge < -0.3 is 0 Å². The van der Waals surface area contributed by atoms with Crippen molar-refractivity contribution in [3.63, 3.8) is 0 Å². The first-order valence-corrected chi connectivity index (χ1v) is 10.8. The van der Waals surface area contributed by atoms with E-state index in [-0.39, 0.29) is 0 Å². The van der Waals surface area contributed by atoms with Crippen LogP contribution in [0.3, 0.4) is 0 Å². The molecular weight excluding hydrogens is 424 g/mol. The lowest BCUT2D eigenvalue weighted by atomic mass is 10.2. The summed E-state index contributed by atoms with van der Waals surface area (Å²) in [4.78, 5) is 2.62. The molecule has 0 bridgehead atoms. The van der Waals surface area contributed by atoms with E-state index in [2.05, 4.69) is 20.8 Å². The van der Waals surface area contributed by atoms with Crippen LogP contribution in [-0.4, -0.2) is 43.8 Å². The van der Waals surface area contributed by atoms with Crippen LogP contribution in [0.15, 0.2) is 57.9 Å². The van der Waals surface area contributed by atoms with Gasteiger partial charge in [-0.3, -0.25) is 4.90 Å². The predicted molar refractivity (Wildman–Crippen MR) is 104 cm³/mol. The maximum atomic E-state index is 12.9. The van der Waals surface area contributed by atoms with Gasteiger partial charge in [0.2, 0.25) is 10.0 Å². The quantitative estimate of drug-likeness (QED) is 0.717. The lowest BCUT2D eigenvalue weighted by Gasteiger charge is -2.22. The summed E-state index contributed by atoms with van der Waals surface area (Å²) >= 11 is 9.28. The molecule has 0 amide bonds. The topological polar surface area (TPSA) is 40.6 Å². The third kappa shape index (κ3) is 4.63. The average Bonchev–Trinajstić information content (AvgIpc) is 2.83. The van der Waals surface area contributed by atoms with Crippen LogP contribution in [-0.2, 0) is 16.6 Å². The molecule has 0 unspecified atom stereocenters. The first kappa shape index (κ1) is 18.9. The summed E-state index contributed by atoms with van der Waals surface area (Å²) in [5, 5.41) is 0.727. The lowest BCUT2D eigenvalue weighted by molar-refractivity contribution is 0.278. The highest BCUT2D eigenvalue weighted by atomic mass is 79.9. The van der Waals surface area contributed by atoms with Gasteiger partial charge >= 0.3 is 0 Å². The van der Waals surface area contributed by atoms with E-state index in [1.165, 1.54) is 5.56 Å². The number of hydrogen-bond donors (Lipinski definition) is 0. The predicted octanol–water partition coefficient (Wildman–Crippen LogP) is 4.00. The van der Waals surface area contributed by atoms with Crippen molar-refractivity contribution in [3.8, 4) is 0 Å². The summed E-state index contributed by atoms with van der Waals surface area (Å²) in [7, 11) is -3.48. The minimum Gasteiger partial charge on any atom is -0.298 e. The summed E-state index contributed by atoms with van der Waals surface area (Å²) in [6.45, 7) is 3.44. The highest BCUT2D eigenvalue weighted by Crippen LogP contribution is 2.25. The molecule has 1 heterocycles. The SMILES string of the molecule is O=S(=O)(c1ccccc1Br)N1CCCN(Cc2ccc(Cl)cc2)CC1. The van der Waals surface area contributed by atoms with Crippen LogP contribution in [0.5, 0.6) is 0 Å². The number of sulfonamides is 1. The molecule has 3 rings (SSSR count). The van der Waals surface area contributed by atoms with E-state index < -0.39 is 10.0 Å². The summed E-state index contributed by atoms with van der Waals surface area (Å²) in [6, 6.07) is 14.8. The lowest BCUT2D eigenvalue weighted by Crippen LogP contribution is -2.35. The zero-order valence-corrected chi connectivity index (χ0v) is 16.9. The Balaban J connectivity index is 1.69. The first-order chi connectivity index (χ1) is 12.0. The highest BCUT2D eigenvalue weighted by molar-refractivity contribution is 9.10. The van der Waals surface area contributed by atoms with Gasteiger partial charge in [0.25, 0.3) is 0 Å². The summed E-state index contributed by atoms with van der Waals surface area (Å²) in [6.07, 6.45) is 0.817. The molecule has 1 aliphatic rings. The number of benzene rings is 2. The van der Waals surface area contributed by atoms with Crippen molar-refractivity contribution in [3.05, 3.63) is 63.6 Å². The highest BCUT2D eigenvalue weighted by Gasteiger charge is 2.28. The van der Waals surface area contributed by atoms with Crippen molar-refractivity contribution in [2.24, 2.45) is 0 Å². The molecule has 0 N–H and O–H groups in total. The van der Waals surface area contributed by atoms with Crippen LogP contribution in [0, 0.1) is 0 Å². The first-order valence-electron chi connectivity index (χ1n) is 8.18. The molecule has 1 fully saturated rings. The van der Waals surface area contributed by atoms with Crippen molar-refractivity contribution >= 4 is 37.6 Å². The van der Waals surface area contributed by atoms with Gasteiger partial charge in [0.1, 0.15) is 0 Å². The zero-order valence-electron chi connectivity index (χ0n) is 13.7. The molecule has 1 aliphatic heterocycles. The maximum absolute atomic E-state index is 12.9. The third-order valence-corrected chi connectivity index (χ3v) is 7.48. The molecule has 0 aliphatic carbocycles. The monoisotopic (exact) mass is 442 g/mol. The fourth-order valence-electron chi connectivity index (χ4n) is 2.99. The van der Waals surface area contributed by atoms with Gasteiger partial charge in [0.05, 0.1) is 4.90 Å². The van der Waals surface area contributed by atoms with Crippen LogP contribution in [0.2, 0.25) is 5.02 Å². The molecule has 4 nitrogen and oxygen atoms in total. The number of rotatable bonds is 4. The van der Waals surface area contributed by atoms with Crippen molar-refractivity contribution < 1.29 is 8.42 Å². The minimum absolute atomic E-state index is 0.334.